The fourth-order valence-corrected chi connectivity index (χ4v) is 4.38. The zero-order chi connectivity index (χ0) is 13.5. The zero-order valence-electron chi connectivity index (χ0n) is 11.8. The molecular weight excluding hydrogens is 248 g/mol. The Balaban J connectivity index is 1.44. The van der Waals surface area contributed by atoms with Crippen LogP contribution in [0.2, 0.25) is 0 Å². The number of fused-ring (bicyclic) bond motifs is 5. The van der Waals surface area contributed by atoms with Crippen molar-refractivity contribution >= 4 is 5.91 Å². The molecule has 2 aliphatic heterocycles. The molecule has 2 heterocycles. The van der Waals surface area contributed by atoms with Crippen molar-refractivity contribution in [2.24, 2.45) is 0 Å². The standard InChI is InChI=1S/C17H22N2O/c20-17(18-12-5-1-2-6-12)11-19-15-9-10-16(19)14-8-4-3-7-13(14)15/h3-4,7-8,12,15-16H,1-2,5-6,9-11H2,(H,18,20). The smallest absolute Gasteiger partial charge is 0.234 e. The highest BCUT2D eigenvalue weighted by Crippen LogP contribution is 2.52. The molecule has 1 aromatic carbocycles. The molecule has 3 nitrogen and oxygen atoms in total. The molecule has 1 saturated heterocycles. The van der Waals surface area contributed by atoms with E-state index < -0.39 is 0 Å². The summed E-state index contributed by atoms with van der Waals surface area (Å²) in [6, 6.07) is 10.1. The second-order valence-corrected chi connectivity index (χ2v) is 6.46. The molecule has 2 atom stereocenters. The molecule has 1 N–H and O–H groups in total. The maximum Gasteiger partial charge on any atom is 0.234 e. The van der Waals surface area contributed by atoms with Crippen molar-refractivity contribution in [3.63, 3.8) is 0 Å². The normalized spacial score (nSPS) is 28.8. The number of nitrogens with zero attached hydrogens (tertiary/aromatic N) is 1. The van der Waals surface area contributed by atoms with Gasteiger partial charge in [0.15, 0.2) is 0 Å². The second kappa shape index (κ2) is 4.88. The largest absolute Gasteiger partial charge is 0.352 e. The number of rotatable bonds is 3. The molecular formula is C17H22N2O. The lowest BCUT2D eigenvalue weighted by molar-refractivity contribution is -0.123. The van der Waals surface area contributed by atoms with Crippen molar-refractivity contribution in [2.75, 3.05) is 6.54 Å². The number of hydrogen-bond acceptors (Lipinski definition) is 2. The second-order valence-electron chi connectivity index (χ2n) is 6.46. The Labute approximate surface area is 120 Å². The molecule has 2 bridgehead atoms. The molecule has 1 amide bonds. The van der Waals surface area contributed by atoms with E-state index in [-0.39, 0.29) is 5.91 Å². The summed E-state index contributed by atoms with van der Waals surface area (Å²) >= 11 is 0. The van der Waals surface area contributed by atoms with Gasteiger partial charge in [-0.15, -0.1) is 0 Å². The van der Waals surface area contributed by atoms with Gasteiger partial charge in [-0.05, 0) is 36.8 Å². The van der Waals surface area contributed by atoms with E-state index in [9.17, 15) is 4.79 Å². The minimum absolute atomic E-state index is 0.224. The summed E-state index contributed by atoms with van der Waals surface area (Å²) in [5, 5.41) is 3.22. The summed E-state index contributed by atoms with van der Waals surface area (Å²) < 4.78 is 0. The summed E-state index contributed by atoms with van der Waals surface area (Å²) in [5.41, 5.74) is 2.91. The molecule has 106 valence electrons. The monoisotopic (exact) mass is 270 g/mol. The maximum atomic E-state index is 12.3. The molecule has 20 heavy (non-hydrogen) atoms. The van der Waals surface area contributed by atoms with Gasteiger partial charge in [0.1, 0.15) is 0 Å². The number of benzene rings is 1. The summed E-state index contributed by atoms with van der Waals surface area (Å²) in [4.78, 5) is 14.7. The lowest BCUT2D eigenvalue weighted by atomic mass is 9.92. The molecule has 0 aromatic heterocycles. The molecule has 3 heteroatoms. The van der Waals surface area contributed by atoms with Gasteiger partial charge in [0, 0.05) is 18.1 Å². The van der Waals surface area contributed by atoms with Gasteiger partial charge in [-0.2, -0.15) is 0 Å². The Kier molecular flexibility index (Phi) is 3.03. The first-order valence-electron chi connectivity index (χ1n) is 7.97. The summed E-state index contributed by atoms with van der Waals surface area (Å²) in [6.45, 7) is 0.570. The number of amides is 1. The van der Waals surface area contributed by atoms with Gasteiger partial charge < -0.3 is 5.32 Å². The van der Waals surface area contributed by atoms with E-state index in [2.05, 4.69) is 34.5 Å². The van der Waals surface area contributed by atoms with E-state index in [4.69, 9.17) is 0 Å². The topological polar surface area (TPSA) is 32.3 Å². The van der Waals surface area contributed by atoms with Crippen molar-refractivity contribution in [1.82, 2.24) is 10.2 Å². The van der Waals surface area contributed by atoms with E-state index in [1.165, 1.54) is 49.7 Å². The average Bonchev–Trinajstić information content (AvgIpc) is 3.15. The minimum Gasteiger partial charge on any atom is -0.352 e. The van der Waals surface area contributed by atoms with Crippen LogP contribution >= 0.6 is 0 Å². The first-order chi connectivity index (χ1) is 9.83. The van der Waals surface area contributed by atoms with Crippen LogP contribution in [0.25, 0.3) is 0 Å². The van der Waals surface area contributed by atoms with Crippen LogP contribution in [0.3, 0.4) is 0 Å². The average molecular weight is 270 g/mol. The molecule has 0 spiro atoms. The van der Waals surface area contributed by atoms with Gasteiger partial charge in [-0.3, -0.25) is 9.69 Å². The van der Waals surface area contributed by atoms with Crippen molar-refractivity contribution < 1.29 is 4.79 Å². The molecule has 3 aliphatic rings. The zero-order valence-corrected chi connectivity index (χ0v) is 11.8. The highest BCUT2D eigenvalue weighted by molar-refractivity contribution is 5.78. The van der Waals surface area contributed by atoms with Crippen molar-refractivity contribution in [3.05, 3.63) is 35.4 Å². The van der Waals surface area contributed by atoms with Crippen molar-refractivity contribution in [2.45, 2.75) is 56.7 Å². The first-order valence-corrected chi connectivity index (χ1v) is 7.97. The number of carbonyl (C=O) groups excluding carboxylic acids is 1. The van der Waals surface area contributed by atoms with Gasteiger partial charge in [0.25, 0.3) is 0 Å². The molecule has 2 fully saturated rings. The van der Waals surface area contributed by atoms with E-state index in [1.807, 2.05) is 0 Å². The molecule has 4 rings (SSSR count). The van der Waals surface area contributed by atoms with Crippen LogP contribution in [-0.4, -0.2) is 23.4 Å². The van der Waals surface area contributed by atoms with Crippen LogP contribution in [0.4, 0.5) is 0 Å². The van der Waals surface area contributed by atoms with Crippen LogP contribution in [0.1, 0.15) is 61.7 Å². The Morgan fingerprint density at radius 1 is 1.05 bits per heavy atom. The predicted molar refractivity (Wildman–Crippen MR) is 78.3 cm³/mol. The van der Waals surface area contributed by atoms with Gasteiger partial charge in [-0.25, -0.2) is 0 Å². The van der Waals surface area contributed by atoms with Crippen LogP contribution in [0, 0.1) is 0 Å². The molecule has 1 saturated carbocycles. The number of hydrogen-bond donors (Lipinski definition) is 1. The van der Waals surface area contributed by atoms with E-state index >= 15 is 0 Å². The van der Waals surface area contributed by atoms with Crippen molar-refractivity contribution in [3.8, 4) is 0 Å². The van der Waals surface area contributed by atoms with Crippen LogP contribution in [0.5, 0.6) is 0 Å². The lowest BCUT2D eigenvalue weighted by Gasteiger charge is -2.22. The lowest BCUT2D eigenvalue weighted by Crippen LogP contribution is -2.40. The van der Waals surface area contributed by atoms with Gasteiger partial charge in [0.05, 0.1) is 6.54 Å². The Morgan fingerprint density at radius 2 is 1.65 bits per heavy atom. The van der Waals surface area contributed by atoms with Crippen LogP contribution in [-0.2, 0) is 4.79 Å². The Bertz CT molecular complexity index is 490. The maximum absolute atomic E-state index is 12.3. The molecule has 0 radical (unpaired) electrons. The third-order valence-corrected chi connectivity index (χ3v) is 5.27. The van der Waals surface area contributed by atoms with Crippen molar-refractivity contribution in [1.29, 1.82) is 0 Å². The van der Waals surface area contributed by atoms with E-state index in [0.717, 1.165) is 0 Å². The molecule has 1 aromatic rings. The molecule has 1 aliphatic carbocycles. The Morgan fingerprint density at radius 3 is 2.25 bits per heavy atom. The van der Waals surface area contributed by atoms with Gasteiger partial charge in [-0.1, -0.05) is 37.1 Å². The number of nitrogens with one attached hydrogen (secondary N) is 1. The van der Waals surface area contributed by atoms with Crippen LogP contribution < -0.4 is 5.32 Å². The van der Waals surface area contributed by atoms with E-state index in [1.54, 1.807) is 0 Å². The quantitative estimate of drug-likeness (QED) is 0.916. The van der Waals surface area contributed by atoms with Crippen LogP contribution in [0.15, 0.2) is 24.3 Å². The minimum atomic E-state index is 0.224. The predicted octanol–water partition coefficient (Wildman–Crippen LogP) is 2.94. The summed E-state index contributed by atoms with van der Waals surface area (Å²) in [7, 11) is 0. The SMILES string of the molecule is O=C(CN1C2CCC1c1ccccc12)NC1CCCC1. The van der Waals surface area contributed by atoms with Gasteiger partial charge >= 0.3 is 0 Å². The Hall–Kier alpha value is -1.35. The highest BCUT2D eigenvalue weighted by atomic mass is 16.2. The van der Waals surface area contributed by atoms with Gasteiger partial charge in [0.2, 0.25) is 5.91 Å². The molecule has 2 unspecified atom stereocenters. The fraction of sp³-hybridized carbons (Fsp3) is 0.588. The van der Waals surface area contributed by atoms with E-state index in [0.29, 0.717) is 24.7 Å². The highest BCUT2D eigenvalue weighted by Gasteiger charge is 2.44. The number of carbonyl (C=O) groups is 1. The third-order valence-electron chi connectivity index (χ3n) is 5.27. The third kappa shape index (κ3) is 1.96. The summed E-state index contributed by atoms with van der Waals surface area (Å²) in [6.07, 6.45) is 7.28. The fourth-order valence-electron chi connectivity index (χ4n) is 4.38. The first kappa shape index (κ1) is 12.4. The summed E-state index contributed by atoms with van der Waals surface area (Å²) in [5.74, 6) is 0.224.